The Bertz CT molecular complexity index is 835. The fourth-order valence-electron chi connectivity index (χ4n) is 2.54. The Morgan fingerprint density at radius 3 is 2.27 bits per heavy atom. The van der Waals surface area contributed by atoms with Crippen LogP contribution in [0, 0.1) is 27.7 Å². The lowest BCUT2D eigenvalue weighted by molar-refractivity contribution is 0.466. The molecule has 2 heterocycles. The van der Waals surface area contributed by atoms with Crippen molar-refractivity contribution >= 4 is 0 Å². The van der Waals surface area contributed by atoms with Gasteiger partial charge in [-0.25, -0.2) is 4.68 Å². The fourth-order valence-corrected chi connectivity index (χ4v) is 2.54. The van der Waals surface area contributed by atoms with E-state index < -0.39 is 0 Å². The topological polar surface area (TPSA) is 63.8 Å². The summed E-state index contributed by atoms with van der Waals surface area (Å²) in [6, 6.07) is 10.0. The minimum atomic E-state index is 0.195. The number of aromatic nitrogens is 4. The number of aromatic hydroxyl groups is 1. The van der Waals surface area contributed by atoms with Crippen molar-refractivity contribution in [1.29, 1.82) is 0 Å². The maximum Gasteiger partial charge on any atom is 0.176 e. The van der Waals surface area contributed by atoms with E-state index in [0.717, 1.165) is 11.3 Å². The molecule has 1 aromatic carbocycles. The lowest BCUT2D eigenvalue weighted by Crippen LogP contribution is -2.03. The molecule has 0 aliphatic rings. The van der Waals surface area contributed by atoms with E-state index >= 15 is 0 Å². The summed E-state index contributed by atoms with van der Waals surface area (Å²) in [5.41, 5.74) is 5.53. The first-order chi connectivity index (χ1) is 10.5. The van der Waals surface area contributed by atoms with Gasteiger partial charge in [0, 0.05) is 5.56 Å². The minimum Gasteiger partial charge on any atom is -0.504 e. The Hall–Kier alpha value is -2.69. The van der Waals surface area contributed by atoms with Gasteiger partial charge in [-0.2, -0.15) is 5.10 Å². The molecule has 0 radical (unpaired) electrons. The van der Waals surface area contributed by atoms with E-state index in [1.165, 1.54) is 11.1 Å². The molecule has 0 saturated heterocycles. The van der Waals surface area contributed by atoms with Gasteiger partial charge in [0.1, 0.15) is 5.69 Å². The number of hydrogen-bond donors (Lipinski definition) is 1. The van der Waals surface area contributed by atoms with Crippen LogP contribution in [0.5, 0.6) is 5.75 Å². The third-order valence-electron chi connectivity index (χ3n) is 3.78. The van der Waals surface area contributed by atoms with Crippen molar-refractivity contribution in [3.05, 3.63) is 52.8 Å². The van der Waals surface area contributed by atoms with E-state index in [1.54, 1.807) is 18.5 Å². The Morgan fingerprint density at radius 1 is 0.955 bits per heavy atom. The predicted octanol–water partition coefficient (Wildman–Crippen LogP) is 3.27. The lowest BCUT2D eigenvalue weighted by Gasteiger charge is -2.07. The summed E-state index contributed by atoms with van der Waals surface area (Å²) in [6.45, 7) is 7.70. The van der Waals surface area contributed by atoms with Crippen molar-refractivity contribution in [3.8, 4) is 22.8 Å². The first-order valence-electron chi connectivity index (χ1n) is 7.14. The standard InChI is InChI=1S/C17H18N4O/c1-10-5-6-14(11(2)9-10)15-7-8-16(19-18-15)21-13(4)17(22)12(3)20-21/h5-9,22H,1-4H3. The summed E-state index contributed by atoms with van der Waals surface area (Å²) in [7, 11) is 0. The van der Waals surface area contributed by atoms with Gasteiger partial charge in [-0.15, -0.1) is 10.2 Å². The first-order valence-corrected chi connectivity index (χ1v) is 7.14. The second kappa shape index (κ2) is 5.26. The van der Waals surface area contributed by atoms with Crippen molar-refractivity contribution in [3.63, 3.8) is 0 Å². The van der Waals surface area contributed by atoms with Gasteiger partial charge in [0.05, 0.1) is 11.4 Å². The number of benzene rings is 1. The summed E-state index contributed by atoms with van der Waals surface area (Å²) < 4.78 is 1.60. The average Bonchev–Trinajstić information content (AvgIpc) is 2.75. The molecule has 0 aliphatic heterocycles. The fraction of sp³-hybridized carbons (Fsp3) is 0.235. The third kappa shape index (κ3) is 2.35. The summed E-state index contributed by atoms with van der Waals surface area (Å²) in [4.78, 5) is 0. The van der Waals surface area contributed by atoms with E-state index in [2.05, 4.69) is 47.3 Å². The van der Waals surface area contributed by atoms with Crippen molar-refractivity contribution in [2.75, 3.05) is 0 Å². The quantitative estimate of drug-likeness (QED) is 0.788. The van der Waals surface area contributed by atoms with Gasteiger partial charge >= 0.3 is 0 Å². The molecular weight excluding hydrogens is 276 g/mol. The lowest BCUT2D eigenvalue weighted by atomic mass is 10.0. The normalized spacial score (nSPS) is 10.9. The number of rotatable bonds is 2. The molecule has 2 aromatic heterocycles. The largest absolute Gasteiger partial charge is 0.504 e. The maximum atomic E-state index is 9.85. The van der Waals surface area contributed by atoms with E-state index in [4.69, 9.17) is 0 Å². The van der Waals surface area contributed by atoms with Crippen LogP contribution in [-0.2, 0) is 0 Å². The Kier molecular flexibility index (Phi) is 3.41. The third-order valence-corrected chi connectivity index (χ3v) is 3.78. The van der Waals surface area contributed by atoms with Gasteiger partial charge in [0.15, 0.2) is 11.6 Å². The second-order valence-corrected chi connectivity index (χ2v) is 5.53. The molecule has 5 nitrogen and oxygen atoms in total. The van der Waals surface area contributed by atoms with Crippen LogP contribution in [0.25, 0.3) is 17.1 Å². The van der Waals surface area contributed by atoms with Crippen LogP contribution in [0.1, 0.15) is 22.5 Å². The van der Waals surface area contributed by atoms with E-state index in [1.807, 2.05) is 12.1 Å². The molecule has 5 heteroatoms. The first kappa shape index (κ1) is 14.3. The molecule has 0 bridgehead atoms. The molecule has 0 atom stereocenters. The van der Waals surface area contributed by atoms with Crippen LogP contribution in [0.3, 0.4) is 0 Å². The molecule has 1 N–H and O–H groups in total. The zero-order chi connectivity index (χ0) is 15.9. The van der Waals surface area contributed by atoms with Crippen LogP contribution >= 0.6 is 0 Å². The molecule has 0 amide bonds. The second-order valence-electron chi connectivity index (χ2n) is 5.53. The maximum absolute atomic E-state index is 9.85. The summed E-state index contributed by atoms with van der Waals surface area (Å²) >= 11 is 0. The molecule has 0 spiro atoms. The van der Waals surface area contributed by atoms with Crippen LogP contribution in [-0.4, -0.2) is 25.1 Å². The smallest absolute Gasteiger partial charge is 0.176 e. The van der Waals surface area contributed by atoms with Crippen LogP contribution in [0.2, 0.25) is 0 Å². The zero-order valence-electron chi connectivity index (χ0n) is 13.1. The zero-order valence-corrected chi connectivity index (χ0v) is 13.1. The highest BCUT2D eigenvalue weighted by atomic mass is 16.3. The molecule has 22 heavy (non-hydrogen) atoms. The van der Waals surface area contributed by atoms with Gasteiger partial charge < -0.3 is 5.11 Å². The van der Waals surface area contributed by atoms with E-state index in [-0.39, 0.29) is 5.75 Å². The minimum absolute atomic E-state index is 0.195. The van der Waals surface area contributed by atoms with Gasteiger partial charge in [0.25, 0.3) is 0 Å². The van der Waals surface area contributed by atoms with Crippen LogP contribution in [0.4, 0.5) is 0 Å². The summed E-state index contributed by atoms with van der Waals surface area (Å²) in [5.74, 6) is 0.787. The molecule has 0 aliphatic carbocycles. The molecule has 0 fully saturated rings. The van der Waals surface area contributed by atoms with Gasteiger partial charge in [-0.1, -0.05) is 23.8 Å². The number of aryl methyl sites for hydroxylation is 3. The monoisotopic (exact) mass is 294 g/mol. The number of nitrogens with zero attached hydrogens (tertiary/aromatic N) is 4. The van der Waals surface area contributed by atoms with Gasteiger partial charge in [0.2, 0.25) is 0 Å². The molecule has 0 saturated carbocycles. The number of hydrogen-bond acceptors (Lipinski definition) is 4. The Labute approximate surface area is 129 Å². The van der Waals surface area contributed by atoms with Crippen LogP contribution in [0.15, 0.2) is 30.3 Å². The molecule has 3 aromatic rings. The van der Waals surface area contributed by atoms with E-state index in [9.17, 15) is 5.11 Å². The molecule has 0 unspecified atom stereocenters. The summed E-state index contributed by atoms with van der Waals surface area (Å²) in [5, 5.41) is 22.7. The predicted molar refractivity (Wildman–Crippen MR) is 85.2 cm³/mol. The highest BCUT2D eigenvalue weighted by Gasteiger charge is 2.13. The Morgan fingerprint density at radius 2 is 1.73 bits per heavy atom. The van der Waals surface area contributed by atoms with Crippen molar-refractivity contribution in [2.24, 2.45) is 0 Å². The van der Waals surface area contributed by atoms with Crippen LogP contribution < -0.4 is 0 Å². The summed E-state index contributed by atoms with van der Waals surface area (Å²) in [6.07, 6.45) is 0. The van der Waals surface area contributed by atoms with Gasteiger partial charge in [-0.05, 0) is 45.4 Å². The highest BCUT2D eigenvalue weighted by Crippen LogP contribution is 2.24. The SMILES string of the molecule is Cc1ccc(-c2ccc(-n3nc(C)c(O)c3C)nn2)c(C)c1. The highest BCUT2D eigenvalue weighted by molar-refractivity contribution is 5.63. The van der Waals surface area contributed by atoms with Crippen molar-refractivity contribution in [1.82, 2.24) is 20.0 Å². The molecular formula is C17H18N4O. The molecule has 3 rings (SSSR count). The Balaban J connectivity index is 2.01. The van der Waals surface area contributed by atoms with Gasteiger partial charge in [-0.3, -0.25) is 0 Å². The average molecular weight is 294 g/mol. The molecule has 112 valence electrons. The van der Waals surface area contributed by atoms with Crippen molar-refractivity contribution < 1.29 is 5.11 Å². The van der Waals surface area contributed by atoms with E-state index in [0.29, 0.717) is 17.2 Å². The van der Waals surface area contributed by atoms with Crippen molar-refractivity contribution in [2.45, 2.75) is 27.7 Å².